The average Bonchev–Trinajstić information content (AvgIpc) is 2.56. The summed E-state index contributed by atoms with van der Waals surface area (Å²) in [6.07, 6.45) is 7.11. The Hall–Kier alpha value is -0.360. The first kappa shape index (κ1) is 24.9. The first-order valence-electron chi connectivity index (χ1n) is 8.58. The second kappa shape index (κ2) is 19.7. The smallest absolute Gasteiger partial charge is 0.315 e. The predicted molar refractivity (Wildman–Crippen MR) is 102 cm³/mol. The summed E-state index contributed by atoms with van der Waals surface area (Å²) < 4.78 is 9.86. The number of unbranched alkanes of at least 4 members (excludes halogenated alkanes) is 2. The maximum absolute atomic E-state index is 10.8. The molecule has 23 heavy (non-hydrogen) atoms. The summed E-state index contributed by atoms with van der Waals surface area (Å²) in [7, 11) is 0. The number of carbonyl (C=O) groups is 2. The van der Waals surface area contributed by atoms with Crippen molar-refractivity contribution in [3.05, 3.63) is 0 Å². The van der Waals surface area contributed by atoms with Crippen LogP contribution < -0.4 is 0 Å². The van der Waals surface area contributed by atoms with E-state index in [1.54, 1.807) is 0 Å². The van der Waals surface area contributed by atoms with Gasteiger partial charge in [0.05, 0.1) is 25.4 Å². The van der Waals surface area contributed by atoms with E-state index in [0.29, 0.717) is 31.3 Å². The largest absolute Gasteiger partial charge is 0.466 e. The lowest BCUT2D eigenvalue weighted by atomic mass is 10.0. The molecule has 0 fully saturated rings. The van der Waals surface area contributed by atoms with Crippen LogP contribution in [-0.2, 0) is 19.1 Å². The molecule has 0 aliphatic carbocycles. The molecule has 0 radical (unpaired) electrons. The van der Waals surface area contributed by atoms with Crippen molar-refractivity contribution in [2.75, 3.05) is 24.7 Å². The minimum absolute atomic E-state index is 0.136. The Kier molecular flexibility index (Phi) is 21.3. The molecular formula is C17H34O4S2. The molecule has 0 heterocycles. The van der Waals surface area contributed by atoms with Gasteiger partial charge in [0.2, 0.25) is 0 Å². The van der Waals surface area contributed by atoms with Gasteiger partial charge in [-0.25, -0.2) is 0 Å². The molecule has 0 saturated carbocycles. The lowest BCUT2D eigenvalue weighted by Crippen LogP contribution is -2.14. The SMILES string of the molecule is CCCCC(CC)COC(=O)CS.CCCCOC(=O)CCS. The van der Waals surface area contributed by atoms with Crippen LogP contribution in [0.25, 0.3) is 0 Å². The third-order valence-electron chi connectivity index (χ3n) is 3.23. The number of esters is 2. The van der Waals surface area contributed by atoms with Crippen LogP contribution in [0.4, 0.5) is 0 Å². The molecule has 0 aromatic heterocycles. The lowest BCUT2D eigenvalue weighted by molar-refractivity contribution is -0.143. The Morgan fingerprint density at radius 2 is 1.61 bits per heavy atom. The molecule has 1 atom stereocenters. The zero-order chi connectivity index (χ0) is 17.9. The minimum atomic E-state index is -0.210. The minimum Gasteiger partial charge on any atom is -0.466 e. The van der Waals surface area contributed by atoms with E-state index in [9.17, 15) is 9.59 Å². The normalized spacial score (nSPS) is 11.2. The maximum Gasteiger partial charge on any atom is 0.315 e. The van der Waals surface area contributed by atoms with Gasteiger partial charge >= 0.3 is 11.9 Å². The molecule has 0 aromatic carbocycles. The zero-order valence-corrected chi connectivity index (χ0v) is 16.7. The third kappa shape index (κ3) is 19.6. The Morgan fingerprint density at radius 3 is 2.09 bits per heavy atom. The van der Waals surface area contributed by atoms with Crippen molar-refractivity contribution in [2.24, 2.45) is 5.92 Å². The summed E-state index contributed by atoms with van der Waals surface area (Å²) in [5, 5.41) is 0. The highest BCUT2D eigenvalue weighted by molar-refractivity contribution is 7.81. The quantitative estimate of drug-likeness (QED) is 0.307. The van der Waals surface area contributed by atoms with Gasteiger partial charge in [-0.3, -0.25) is 9.59 Å². The van der Waals surface area contributed by atoms with Crippen LogP contribution in [0.15, 0.2) is 0 Å². The number of hydrogen-bond acceptors (Lipinski definition) is 6. The highest BCUT2D eigenvalue weighted by atomic mass is 32.1. The molecule has 0 bridgehead atoms. The molecule has 0 aliphatic rings. The van der Waals surface area contributed by atoms with Crippen LogP contribution in [0.1, 0.15) is 65.7 Å². The Balaban J connectivity index is 0. The van der Waals surface area contributed by atoms with Gasteiger partial charge < -0.3 is 9.47 Å². The number of ether oxygens (including phenoxy) is 2. The molecule has 4 nitrogen and oxygen atoms in total. The van der Waals surface area contributed by atoms with Gasteiger partial charge in [-0.15, -0.1) is 0 Å². The van der Waals surface area contributed by atoms with Crippen molar-refractivity contribution < 1.29 is 19.1 Å². The van der Waals surface area contributed by atoms with Crippen LogP contribution in [0, 0.1) is 5.92 Å². The Morgan fingerprint density at radius 1 is 0.957 bits per heavy atom. The monoisotopic (exact) mass is 366 g/mol. The van der Waals surface area contributed by atoms with Crippen molar-refractivity contribution in [3.8, 4) is 0 Å². The van der Waals surface area contributed by atoms with Crippen molar-refractivity contribution >= 4 is 37.2 Å². The van der Waals surface area contributed by atoms with Crippen molar-refractivity contribution in [2.45, 2.75) is 65.7 Å². The maximum atomic E-state index is 10.8. The first-order chi connectivity index (χ1) is 11.0. The van der Waals surface area contributed by atoms with Gasteiger partial charge in [0.1, 0.15) is 0 Å². The van der Waals surface area contributed by atoms with Crippen LogP contribution >= 0.6 is 25.3 Å². The number of carbonyl (C=O) groups excluding carboxylic acids is 2. The second-order valence-corrected chi connectivity index (χ2v) is 6.07. The highest BCUT2D eigenvalue weighted by Crippen LogP contribution is 2.12. The van der Waals surface area contributed by atoms with Gasteiger partial charge in [-0.1, -0.05) is 46.5 Å². The first-order valence-corrected chi connectivity index (χ1v) is 9.84. The van der Waals surface area contributed by atoms with Crippen molar-refractivity contribution in [1.29, 1.82) is 0 Å². The molecule has 0 spiro atoms. The van der Waals surface area contributed by atoms with E-state index >= 15 is 0 Å². The molecule has 0 rings (SSSR count). The summed E-state index contributed by atoms with van der Waals surface area (Å²) in [5.74, 6) is 0.945. The number of hydrogen-bond donors (Lipinski definition) is 2. The molecule has 0 N–H and O–H groups in total. The van der Waals surface area contributed by atoms with Gasteiger partial charge in [-0.2, -0.15) is 25.3 Å². The fourth-order valence-corrected chi connectivity index (χ4v) is 1.92. The average molecular weight is 367 g/mol. The van der Waals surface area contributed by atoms with Crippen LogP contribution in [-0.4, -0.2) is 36.7 Å². The second-order valence-electron chi connectivity index (χ2n) is 5.31. The zero-order valence-electron chi connectivity index (χ0n) is 14.9. The highest BCUT2D eigenvalue weighted by Gasteiger charge is 2.08. The standard InChI is InChI=1S/C10H20O2S.C7H14O2S/c1-3-5-6-9(4-2)7-12-10(11)8-13;1-2-3-5-9-7(8)4-6-10/h9,13H,3-8H2,1-2H3;10H,2-6H2,1H3. The van der Waals surface area contributed by atoms with Gasteiger partial charge in [-0.05, 0) is 18.8 Å². The lowest BCUT2D eigenvalue weighted by Gasteiger charge is -2.13. The number of thiol groups is 2. The van der Waals surface area contributed by atoms with Crippen molar-refractivity contribution in [1.82, 2.24) is 0 Å². The molecule has 0 saturated heterocycles. The topological polar surface area (TPSA) is 52.6 Å². The third-order valence-corrected chi connectivity index (χ3v) is 3.71. The Labute approximate surface area is 152 Å². The van der Waals surface area contributed by atoms with Crippen LogP contribution in [0.3, 0.4) is 0 Å². The van der Waals surface area contributed by atoms with E-state index in [2.05, 4.69) is 46.0 Å². The van der Waals surface area contributed by atoms with E-state index in [0.717, 1.165) is 25.7 Å². The van der Waals surface area contributed by atoms with Gasteiger partial charge in [0, 0.05) is 5.75 Å². The molecule has 6 heteroatoms. The van der Waals surface area contributed by atoms with Gasteiger partial charge in [0.25, 0.3) is 0 Å². The fraction of sp³-hybridized carbons (Fsp3) is 0.882. The summed E-state index contributed by atoms with van der Waals surface area (Å²) in [6, 6.07) is 0. The van der Waals surface area contributed by atoms with E-state index in [1.165, 1.54) is 12.8 Å². The van der Waals surface area contributed by atoms with E-state index in [1.807, 2.05) is 0 Å². The molecule has 0 aliphatic heterocycles. The molecule has 0 aromatic rings. The van der Waals surface area contributed by atoms with E-state index in [-0.39, 0.29) is 17.7 Å². The summed E-state index contributed by atoms with van der Waals surface area (Å²) in [5.41, 5.74) is 0. The van der Waals surface area contributed by atoms with Gasteiger partial charge in [0.15, 0.2) is 0 Å². The summed E-state index contributed by atoms with van der Waals surface area (Å²) in [4.78, 5) is 21.5. The predicted octanol–water partition coefficient (Wildman–Crippen LogP) is 4.33. The Bertz CT molecular complexity index is 286. The summed E-state index contributed by atoms with van der Waals surface area (Å²) in [6.45, 7) is 7.49. The fourth-order valence-electron chi connectivity index (χ4n) is 1.65. The molecule has 138 valence electrons. The van der Waals surface area contributed by atoms with Crippen LogP contribution in [0.2, 0.25) is 0 Å². The van der Waals surface area contributed by atoms with E-state index in [4.69, 9.17) is 9.47 Å². The van der Waals surface area contributed by atoms with Crippen molar-refractivity contribution in [3.63, 3.8) is 0 Å². The van der Waals surface area contributed by atoms with Crippen LogP contribution in [0.5, 0.6) is 0 Å². The number of rotatable bonds is 12. The molecule has 0 amide bonds. The molecule has 1 unspecified atom stereocenters. The molecular weight excluding hydrogens is 332 g/mol. The summed E-state index contributed by atoms with van der Waals surface area (Å²) >= 11 is 7.75. The van der Waals surface area contributed by atoms with E-state index < -0.39 is 0 Å².